The molecule has 0 saturated carbocycles. The number of benzene rings is 1. The molecule has 4 heteroatoms. The van der Waals surface area contributed by atoms with Crippen LogP contribution in [0.4, 0.5) is 0 Å². The van der Waals surface area contributed by atoms with Gasteiger partial charge in [0.2, 0.25) is 0 Å². The van der Waals surface area contributed by atoms with E-state index in [1.54, 1.807) is 13.3 Å². The molecule has 1 unspecified atom stereocenters. The molecular formula is C16H20N2O2. The van der Waals surface area contributed by atoms with Crippen molar-refractivity contribution in [2.24, 2.45) is 5.73 Å². The molecule has 1 atom stereocenters. The third-order valence-electron chi connectivity index (χ3n) is 3.09. The molecule has 0 aliphatic carbocycles. The summed E-state index contributed by atoms with van der Waals surface area (Å²) in [5.41, 5.74) is 7.82. The first-order valence-corrected chi connectivity index (χ1v) is 6.70. The highest BCUT2D eigenvalue weighted by molar-refractivity contribution is 5.45. The van der Waals surface area contributed by atoms with Crippen LogP contribution in [-0.4, -0.2) is 12.1 Å². The third kappa shape index (κ3) is 3.27. The number of aryl methyl sites for hydroxylation is 1. The van der Waals surface area contributed by atoms with E-state index in [-0.39, 0.29) is 6.04 Å². The molecule has 0 aliphatic rings. The molecule has 0 amide bonds. The van der Waals surface area contributed by atoms with Gasteiger partial charge >= 0.3 is 0 Å². The standard InChI is InChI=1S/C16H20N2O2/c1-4-12-5-8-15(16(9-12)19-3)20-13-6-7-14(11(2)17)18-10-13/h5-11H,4,17H2,1-3H3. The molecule has 0 aliphatic heterocycles. The fraction of sp³-hybridized carbons (Fsp3) is 0.312. The van der Waals surface area contributed by atoms with Crippen LogP contribution in [-0.2, 0) is 6.42 Å². The Morgan fingerprint density at radius 3 is 2.55 bits per heavy atom. The van der Waals surface area contributed by atoms with Gasteiger partial charge in [0.05, 0.1) is 19.0 Å². The quantitative estimate of drug-likeness (QED) is 0.905. The highest BCUT2D eigenvalue weighted by atomic mass is 16.5. The Kier molecular flexibility index (Phi) is 4.58. The van der Waals surface area contributed by atoms with Crippen molar-refractivity contribution >= 4 is 0 Å². The minimum atomic E-state index is -0.0811. The van der Waals surface area contributed by atoms with E-state index < -0.39 is 0 Å². The molecule has 2 aromatic rings. The maximum absolute atomic E-state index is 5.81. The maximum atomic E-state index is 5.81. The van der Waals surface area contributed by atoms with Crippen LogP contribution in [0.25, 0.3) is 0 Å². The van der Waals surface area contributed by atoms with Crippen molar-refractivity contribution in [2.45, 2.75) is 26.3 Å². The largest absolute Gasteiger partial charge is 0.493 e. The topological polar surface area (TPSA) is 57.4 Å². The second-order valence-electron chi connectivity index (χ2n) is 4.65. The molecule has 0 radical (unpaired) electrons. The zero-order valence-electron chi connectivity index (χ0n) is 12.1. The molecule has 0 spiro atoms. The zero-order chi connectivity index (χ0) is 14.5. The molecule has 2 rings (SSSR count). The number of hydrogen-bond acceptors (Lipinski definition) is 4. The van der Waals surface area contributed by atoms with E-state index in [2.05, 4.69) is 11.9 Å². The number of aromatic nitrogens is 1. The lowest BCUT2D eigenvalue weighted by molar-refractivity contribution is 0.378. The molecule has 4 nitrogen and oxygen atoms in total. The molecule has 0 fully saturated rings. The number of hydrogen-bond donors (Lipinski definition) is 1. The third-order valence-corrected chi connectivity index (χ3v) is 3.09. The monoisotopic (exact) mass is 272 g/mol. The number of nitrogens with zero attached hydrogens (tertiary/aromatic N) is 1. The van der Waals surface area contributed by atoms with Gasteiger partial charge in [-0.2, -0.15) is 0 Å². The molecule has 0 saturated heterocycles. The van der Waals surface area contributed by atoms with Gasteiger partial charge in [0, 0.05) is 6.04 Å². The lowest BCUT2D eigenvalue weighted by Gasteiger charge is -2.12. The summed E-state index contributed by atoms with van der Waals surface area (Å²) in [6, 6.07) is 9.58. The van der Waals surface area contributed by atoms with Crippen LogP contribution in [0, 0.1) is 0 Å². The molecule has 2 N–H and O–H groups in total. The summed E-state index contributed by atoms with van der Waals surface area (Å²) in [6.07, 6.45) is 2.63. The normalized spacial score (nSPS) is 12.0. The van der Waals surface area contributed by atoms with E-state index in [0.717, 1.165) is 17.9 Å². The number of nitrogens with two attached hydrogens (primary N) is 1. The zero-order valence-corrected chi connectivity index (χ0v) is 12.1. The Labute approximate surface area is 119 Å². The molecule has 1 heterocycles. The van der Waals surface area contributed by atoms with Crippen molar-refractivity contribution in [3.8, 4) is 17.2 Å². The Balaban J connectivity index is 2.20. The van der Waals surface area contributed by atoms with Crippen LogP contribution in [0.15, 0.2) is 36.5 Å². The van der Waals surface area contributed by atoms with Gasteiger partial charge in [0.1, 0.15) is 5.75 Å². The Morgan fingerprint density at radius 1 is 1.20 bits per heavy atom. The van der Waals surface area contributed by atoms with Gasteiger partial charge in [-0.05, 0) is 43.2 Å². The Morgan fingerprint density at radius 2 is 2.00 bits per heavy atom. The smallest absolute Gasteiger partial charge is 0.169 e. The van der Waals surface area contributed by atoms with E-state index in [1.165, 1.54) is 5.56 Å². The average molecular weight is 272 g/mol. The van der Waals surface area contributed by atoms with Crippen molar-refractivity contribution in [3.63, 3.8) is 0 Å². The van der Waals surface area contributed by atoms with Gasteiger partial charge in [0.25, 0.3) is 0 Å². The second kappa shape index (κ2) is 6.39. The summed E-state index contributed by atoms with van der Waals surface area (Å²) in [4.78, 5) is 4.27. The summed E-state index contributed by atoms with van der Waals surface area (Å²) in [7, 11) is 1.64. The molecule has 1 aromatic heterocycles. The van der Waals surface area contributed by atoms with Crippen molar-refractivity contribution < 1.29 is 9.47 Å². The lowest BCUT2D eigenvalue weighted by Crippen LogP contribution is -2.06. The van der Waals surface area contributed by atoms with Crippen LogP contribution < -0.4 is 15.2 Å². The summed E-state index contributed by atoms with van der Waals surface area (Å²) in [5, 5.41) is 0. The number of rotatable bonds is 5. The summed E-state index contributed by atoms with van der Waals surface area (Å²) in [6.45, 7) is 4.00. The van der Waals surface area contributed by atoms with Crippen LogP contribution in [0.3, 0.4) is 0 Å². The van der Waals surface area contributed by atoms with Gasteiger partial charge in [-0.25, -0.2) is 0 Å². The van der Waals surface area contributed by atoms with Crippen LogP contribution in [0.5, 0.6) is 17.2 Å². The summed E-state index contributed by atoms with van der Waals surface area (Å²) < 4.78 is 11.2. The van der Waals surface area contributed by atoms with Gasteiger partial charge in [0.15, 0.2) is 11.5 Å². The number of ether oxygens (including phenoxy) is 2. The first-order valence-electron chi connectivity index (χ1n) is 6.70. The van der Waals surface area contributed by atoms with Gasteiger partial charge < -0.3 is 15.2 Å². The van der Waals surface area contributed by atoms with Gasteiger partial charge in [-0.1, -0.05) is 13.0 Å². The maximum Gasteiger partial charge on any atom is 0.169 e. The average Bonchev–Trinajstić information content (AvgIpc) is 2.48. The molecular weight excluding hydrogens is 252 g/mol. The summed E-state index contributed by atoms with van der Waals surface area (Å²) in [5.74, 6) is 2.07. The molecule has 1 aromatic carbocycles. The lowest BCUT2D eigenvalue weighted by atomic mass is 10.1. The Hall–Kier alpha value is -2.07. The molecule has 106 valence electrons. The predicted molar refractivity (Wildman–Crippen MR) is 79.3 cm³/mol. The minimum absolute atomic E-state index is 0.0811. The highest BCUT2D eigenvalue weighted by Gasteiger charge is 2.07. The predicted octanol–water partition coefficient (Wildman–Crippen LogP) is 3.46. The van der Waals surface area contributed by atoms with E-state index in [1.807, 2.05) is 37.3 Å². The van der Waals surface area contributed by atoms with Crippen molar-refractivity contribution in [3.05, 3.63) is 47.8 Å². The van der Waals surface area contributed by atoms with E-state index in [4.69, 9.17) is 15.2 Å². The molecule has 0 bridgehead atoms. The fourth-order valence-corrected chi connectivity index (χ4v) is 1.86. The van der Waals surface area contributed by atoms with Crippen molar-refractivity contribution in [2.75, 3.05) is 7.11 Å². The van der Waals surface area contributed by atoms with E-state index >= 15 is 0 Å². The Bertz CT molecular complexity index is 565. The van der Waals surface area contributed by atoms with Crippen molar-refractivity contribution in [1.82, 2.24) is 4.98 Å². The van der Waals surface area contributed by atoms with E-state index in [9.17, 15) is 0 Å². The SMILES string of the molecule is CCc1ccc(Oc2ccc(C(C)N)nc2)c(OC)c1. The fourth-order valence-electron chi connectivity index (χ4n) is 1.86. The van der Waals surface area contributed by atoms with Gasteiger partial charge in [-0.3, -0.25) is 4.98 Å². The van der Waals surface area contributed by atoms with Crippen LogP contribution in [0.2, 0.25) is 0 Å². The minimum Gasteiger partial charge on any atom is -0.493 e. The van der Waals surface area contributed by atoms with Crippen LogP contribution in [0.1, 0.15) is 31.1 Å². The van der Waals surface area contributed by atoms with Crippen molar-refractivity contribution in [1.29, 1.82) is 0 Å². The molecule has 20 heavy (non-hydrogen) atoms. The summed E-state index contributed by atoms with van der Waals surface area (Å²) >= 11 is 0. The second-order valence-corrected chi connectivity index (χ2v) is 4.65. The van der Waals surface area contributed by atoms with E-state index in [0.29, 0.717) is 11.5 Å². The number of pyridine rings is 1. The highest BCUT2D eigenvalue weighted by Crippen LogP contribution is 2.32. The van der Waals surface area contributed by atoms with Crippen LogP contribution >= 0.6 is 0 Å². The number of methoxy groups -OCH3 is 1. The first-order chi connectivity index (χ1) is 9.63. The first kappa shape index (κ1) is 14.3. The van der Waals surface area contributed by atoms with Gasteiger partial charge in [-0.15, -0.1) is 0 Å².